The molecule has 0 aromatic rings. The Kier molecular flexibility index (Phi) is 4.62. The molecule has 0 spiro atoms. The molecule has 4 amide bonds. The largest absolute Gasteiger partial charge is 0.341 e. The molecule has 6 heteroatoms. The van der Waals surface area contributed by atoms with Crippen molar-refractivity contribution in [2.24, 2.45) is 5.92 Å². The van der Waals surface area contributed by atoms with E-state index in [0.29, 0.717) is 12.3 Å². The van der Waals surface area contributed by atoms with Crippen LogP contribution < -0.4 is 5.32 Å². The first-order valence-electron chi connectivity index (χ1n) is 7.42. The van der Waals surface area contributed by atoms with Crippen molar-refractivity contribution in [2.45, 2.75) is 45.6 Å². The summed E-state index contributed by atoms with van der Waals surface area (Å²) in [5, 5.41) is 2.64. The number of nitrogens with zero attached hydrogens (tertiary/aromatic N) is 2. The van der Waals surface area contributed by atoms with Gasteiger partial charge in [-0.3, -0.25) is 14.5 Å². The lowest BCUT2D eigenvalue weighted by Gasteiger charge is -2.31. The summed E-state index contributed by atoms with van der Waals surface area (Å²) in [5.74, 6) is 0.248. The summed E-state index contributed by atoms with van der Waals surface area (Å²) in [5.41, 5.74) is 0. The Bertz CT molecular complexity index is 402. The number of amides is 4. The van der Waals surface area contributed by atoms with Crippen LogP contribution in [0, 0.1) is 5.92 Å². The molecule has 2 rings (SSSR count). The summed E-state index contributed by atoms with van der Waals surface area (Å²) >= 11 is 0. The van der Waals surface area contributed by atoms with E-state index >= 15 is 0 Å². The predicted molar refractivity (Wildman–Crippen MR) is 73.9 cm³/mol. The zero-order valence-corrected chi connectivity index (χ0v) is 12.2. The summed E-state index contributed by atoms with van der Waals surface area (Å²) in [4.78, 5) is 38.8. The smallest absolute Gasteiger partial charge is 0.325 e. The van der Waals surface area contributed by atoms with Gasteiger partial charge < -0.3 is 10.2 Å². The van der Waals surface area contributed by atoms with Crippen molar-refractivity contribution in [3.05, 3.63) is 0 Å². The molecule has 2 saturated heterocycles. The first kappa shape index (κ1) is 14.8. The molecule has 1 atom stereocenters. The molecule has 0 radical (unpaired) electrons. The lowest BCUT2D eigenvalue weighted by atomic mass is 9.99. The number of likely N-dealkylation sites (tertiary alicyclic amines) is 1. The molecule has 0 saturated carbocycles. The van der Waals surface area contributed by atoms with Crippen molar-refractivity contribution in [3.63, 3.8) is 0 Å². The number of carbonyl (C=O) groups excluding carboxylic acids is 3. The predicted octanol–water partition coefficient (Wildman–Crippen LogP) is 0.965. The SMILES string of the molecule is CCCC1NC(=O)N(CC(=O)N2CCC(C)CC2)C1=O. The lowest BCUT2D eigenvalue weighted by Crippen LogP contribution is -2.45. The van der Waals surface area contributed by atoms with Crippen molar-refractivity contribution in [3.8, 4) is 0 Å². The van der Waals surface area contributed by atoms with Crippen LogP contribution in [-0.4, -0.2) is 53.3 Å². The van der Waals surface area contributed by atoms with Gasteiger partial charge in [-0.2, -0.15) is 0 Å². The maximum Gasteiger partial charge on any atom is 0.325 e. The maximum atomic E-state index is 12.2. The van der Waals surface area contributed by atoms with Gasteiger partial charge in [-0.25, -0.2) is 4.79 Å². The molecule has 2 heterocycles. The van der Waals surface area contributed by atoms with E-state index in [1.54, 1.807) is 4.90 Å². The zero-order valence-electron chi connectivity index (χ0n) is 12.2. The molecule has 2 aliphatic rings. The van der Waals surface area contributed by atoms with E-state index < -0.39 is 12.1 Å². The zero-order chi connectivity index (χ0) is 14.7. The molecular formula is C14H23N3O3. The van der Waals surface area contributed by atoms with E-state index in [-0.39, 0.29) is 18.4 Å². The minimum absolute atomic E-state index is 0.126. The number of carbonyl (C=O) groups is 3. The third kappa shape index (κ3) is 3.11. The Morgan fingerprint density at radius 2 is 1.95 bits per heavy atom. The second-order valence-corrected chi connectivity index (χ2v) is 5.78. The number of hydrogen-bond donors (Lipinski definition) is 1. The van der Waals surface area contributed by atoms with Crippen molar-refractivity contribution in [2.75, 3.05) is 19.6 Å². The summed E-state index contributed by atoms with van der Waals surface area (Å²) in [7, 11) is 0. The Hall–Kier alpha value is -1.59. The fourth-order valence-corrected chi connectivity index (χ4v) is 2.70. The molecule has 0 aromatic carbocycles. The molecule has 0 aliphatic carbocycles. The number of imide groups is 1. The van der Waals surface area contributed by atoms with Gasteiger partial charge >= 0.3 is 6.03 Å². The fraction of sp³-hybridized carbons (Fsp3) is 0.786. The Balaban J connectivity index is 1.91. The molecule has 2 fully saturated rings. The first-order chi connectivity index (χ1) is 9.52. The standard InChI is InChI=1S/C14H23N3O3/c1-3-4-11-13(19)17(14(20)15-11)9-12(18)16-7-5-10(2)6-8-16/h10-11H,3-9H2,1-2H3,(H,15,20). The summed E-state index contributed by atoms with van der Waals surface area (Å²) in [6.07, 6.45) is 3.42. The molecule has 1 N–H and O–H groups in total. The van der Waals surface area contributed by atoms with Crippen LogP contribution in [0.1, 0.15) is 39.5 Å². The van der Waals surface area contributed by atoms with E-state index in [1.807, 2.05) is 6.92 Å². The highest BCUT2D eigenvalue weighted by Gasteiger charge is 2.39. The third-order valence-corrected chi connectivity index (χ3v) is 4.11. The number of rotatable bonds is 4. The van der Waals surface area contributed by atoms with Crippen LogP contribution in [-0.2, 0) is 9.59 Å². The molecule has 2 aliphatic heterocycles. The average Bonchev–Trinajstić information content (AvgIpc) is 2.68. The van der Waals surface area contributed by atoms with Gasteiger partial charge in [0.15, 0.2) is 0 Å². The van der Waals surface area contributed by atoms with Crippen LogP contribution in [0.25, 0.3) is 0 Å². The van der Waals surface area contributed by atoms with Crippen LogP contribution >= 0.6 is 0 Å². The van der Waals surface area contributed by atoms with Crippen LogP contribution in [0.4, 0.5) is 4.79 Å². The Morgan fingerprint density at radius 1 is 1.30 bits per heavy atom. The number of nitrogens with one attached hydrogen (secondary N) is 1. The van der Waals surface area contributed by atoms with Gasteiger partial charge in [0.25, 0.3) is 5.91 Å². The van der Waals surface area contributed by atoms with Gasteiger partial charge in [0.2, 0.25) is 5.91 Å². The van der Waals surface area contributed by atoms with Gasteiger partial charge in [-0.05, 0) is 25.2 Å². The minimum atomic E-state index is -0.457. The summed E-state index contributed by atoms with van der Waals surface area (Å²) in [6.45, 7) is 5.46. The Labute approximate surface area is 119 Å². The molecule has 0 bridgehead atoms. The van der Waals surface area contributed by atoms with Gasteiger partial charge in [0, 0.05) is 13.1 Å². The quantitative estimate of drug-likeness (QED) is 0.780. The van der Waals surface area contributed by atoms with Crippen molar-refractivity contribution in [1.29, 1.82) is 0 Å². The second kappa shape index (κ2) is 6.24. The first-order valence-corrected chi connectivity index (χ1v) is 7.42. The van der Waals surface area contributed by atoms with Crippen molar-refractivity contribution >= 4 is 17.8 Å². The number of urea groups is 1. The van der Waals surface area contributed by atoms with Gasteiger partial charge in [0.1, 0.15) is 12.6 Å². The highest BCUT2D eigenvalue weighted by Crippen LogP contribution is 2.17. The molecule has 1 unspecified atom stereocenters. The summed E-state index contributed by atoms with van der Waals surface area (Å²) in [6, 6.07) is -0.895. The summed E-state index contributed by atoms with van der Waals surface area (Å²) < 4.78 is 0. The average molecular weight is 281 g/mol. The van der Waals surface area contributed by atoms with E-state index in [1.165, 1.54) is 0 Å². The highest BCUT2D eigenvalue weighted by atomic mass is 16.2. The van der Waals surface area contributed by atoms with Crippen molar-refractivity contribution < 1.29 is 14.4 Å². The van der Waals surface area contributed by atoms with E-state index in [9.17, 15) is 14.4 Å². The molecule has 20 heavy (non-hydrogen) atoms. The van der Waals surface area contributed by atoms with Crippen LogP contribution in [0.5, 0.6) is 0 Å². The second-order valence-electron chi connectivity index (χ2n) is 5.78. The number of piperidine rings is 1. The topological polar surface area (TPSA) is 69.7 Å². The van der Waals surface area contributed by atoms with Crippen LogP contribution in [0.2, 0.25) is 0 Å². The lowest BCUT2D eigenvalue weighted by molar-refractivity contribution is -0.138. The molecule has 0 aromatic heterocycles. The maximum absolute atomic E-state index is 12.2. The van der Waals surface area contributed by atoms with Crippen LogP contribution in [0.15, 0.2) is 0 Å². The Morgan fingerprint density at radius 3 is 2.55 bits per heavy atom. The van der Waals surface area contributed by atoms with Gasteiger partial charge in [0.05, 0.1) is 0 Å². The third-order valence-electron chi connectivity index (χ3n) is 4.11. The van der Waals surface area contributed by atoms with Crippen LogP contribution in [0.3, 0.4) is 0 Å². The molecular weight excluding hydrogens is 258 g/mol. The van der Waals surface area contributed by atoms with E-state index in [0.717, 1.165) is 37.3 Å². The highest BCUT2D eigenvalue weighted by molar-refractivity contribution is 6.06. The molecule has 6 nitrogen and oxygen atoms in total. The monoisotopic (exact) mass is 281 g/mol. The fourth-order valence-electron chi connectivity index (χ4n) is 2.70. The number of hydrogen-bond acceptors (Lipinski definition) is 3. The van der Waals surface area contributed by atoms with E-state index in [2.05, 4.69) is 12.2 Å². The van der Waals surface area contributed by atoms with Gasteiger partial charge in [-0.15, -0.1) is 0 Å². The molecule has 112 valence electrons. The minimum Gasteiger partial charge on any atom is -0.341 e. The van der Waals surface area contributed by atoms with E-state index in [4.69, 9.17) is 0 Å². The normalized spacial score (nSPS) is 24.2. The van der Waals surface area contributed by atoms with Gasteiger partial charge in [-0.1, -0.05) is 20.3 Å². The van der Waals surface area contributed by atoms with Crippen molar-refractivity contribution in [1.82, 2.24) is 15.1 Å².